The van der Waals surface area contributed by atoms with Gasteiger partial charge in [-0.3, -0.25) is 4.57 Å². The fourth-order valence-electron chi connectivity index (χ4n) is 8.97. The van der Waals surface area contributed by atoms with Crippen LogP contribution in [0, 0.1) is 23.9 Å². The number of nitrogens with zero attached hydrogens (tertiary/aromatic N) is 4. The summed E-state index contributed by atoms with van der Waals surface area (Å²) in [6.07, 6.45) is 6.68. The Balaban J connectivity index is 0.00000498. The number of imidazole rings is 1. The van der Waals surface area contributed by atoms with Crippen LogP contribution in [0.15, 0.2) is 200 Å². The van der Waals surface area contributed by atoms with Crippen LogP contribution in [-0.2, 0) is 27.5 Å². The number of benzene rings is 8. The van der Waals surface area contributed by atoms with Gasteiger partial charge in [-0.25, -0.2) is 4.98 Å². The van der Waals surface area contributed by atoms with Gasteiger partial charge in [0.1, 0.15) is 5.82 Å². The second-order valence-electron chi connectivity index (χ2n) is 17.5. The standard InChI is InChI=1S/C59H44N4O.Pt/c1-59(2,3)39-41-33-34-60-57(35-41)63-53-28-14-13-25-51(53)52-31-30-48(38-55(52)63)64-47-24-15-23-46(37-47)61-40-62(56-36-45(29-32-54(56)61)42-17-7-4-8-18-42)58-49(43-19-9-5-10-20-43)26-16-27-50(58)44-21-11-6-12-22-44;/h4-36H,39H2,1-3H3;/q-2;. The van der Waals surface area contributed by atoms with E-state index in [1.807, 2.05) is 24.4 Å². The second kappa shape index (κ2) is 17.3. The number of rotatable bonds is 9. The summed E-state index contributed by atoms with van der Waals surface area (Å²) >= 11 is 0. The van der Waals surface area contributed by atoms with Crippen LogP contribution in [0.5, 0.6) is 11.5 Å². The summed E-state index contributed by atoms with van der Waals surface area (Å²) in [5.41, 5.74) is 13.9. The number of fused-ring (bicyclic) bond motifs is 4. The molecule has 6 heteroatoms. The third-order valence-electron chi connectivity index (χ3n) is 11.7. The summed E-state index contributed by atoms with van der Waals surface area (Å²) in [4.78, 5) is 4.88. The van der Waals surface area contributed by atoms with Gasteiger partial charge < -0.3 is 13.9 Å². The number of hydrogen-bond donors (Lipinski definition) is 0. The molecule has 0 fully saturated rings. The molecule has 0 bridgehead atoms. The zero-order valence-electron chi connectivity index (χ0n) is 36.3. The van der Waals surface area contributed by atoms with Crippen LogP contribution in [0.4, 0.5) is 0 Å². The van der Waals surface area contributed by atoms with Crippen LogP contribution in [-0.4, -0.2) is 14.1 Å². The van der Waals surface area contributed by atoms with Gasteiger partial charge in [-0.1, -0.05) is 166 Å². The topological polar surface area (TPSA) is 35.9 Å². The Morgan fingerprint density at radius 1 is 0.554 bits per heavy atom. The molecule has 3 heterocycles. The molecule has 5 nitrogen and oxygen atoms in total. The van der Waals surface area contributed by atoms with E-state index >= 15 is 0 Å². The van der Waals surface area contributed by atoms with Crippen molar-refractivity contribution in [3.63, 3.8) is 0 Å². The van der Waals surface area contributed by atoms with E-state index in [1.165, 1.54) is 5.56 Å². The van der Waals surface area contributed by atoms with Crippen molar-refractivity contribution in [3.8, 4) is 62.1 Å². The Morgan fingerprint density at radius 3 is 1.91 bits per heavy atom. The smallest absolute Gasteiger partial charge is 0.268 e. The molecule has 0 saturated heterocycles. The predicted molar refractivity (Wildman–Crippen MR) is 259 cm³/mol. The molecule has 0 amide bonds. The first-order valence-corrected chi connectivity index (χ1v) is 21.8. The van der Waals surface area contributed by atoms with E-state index in [9.17, 15) is 0 Å². The van der Waals surface area contributed by atoms with Crippen molar-refractivity contribution in [3.05, 3.63) is 224 Å². The van der Waals surface area contributed by atoms with Gasteiger partial charge in [0.2, 0.25) is 0 Å². The summed E-state index contributed by atoms with van der Waals surface area (Å²) in [6.45, 7) is 6.79. The van der Waals surface area contributed by atoms with Gasteiger partial charge in [0.25, 0.3) is 6.33 Å². The summed E-state index contributed by atoms with van der Waals surface area (Å²) < 4.78 is 13.2. The van der Waals surface area contributed by atoms with E-state index in [2.05, 4.69) is 229 Å². The maximum Gasteiger partial charge on any atom is 0.268 e. The molecule has 11 aromatic rings. The van der Waals surface area contributed by atoms with Gasteiger partial charge in [-0.2, -0.15) is 18.2 Å². The van der Waals surface area contributed by atoms with Crippen molar-refractivity contribution in [2.45, 2.75) is 27.2 Å². The molecule has 318 valence electrons. The SMILES string of the molecule is CC(C)(C)Cc1ccnc(-n2c3[c-]c(Oc4[c-]c(-n5[c-][n+](-c6c(-c7ccccc7)cccc6-c6ccccc6)c6cc(-c7ccccc7)ccc65)ccc4)ccc3c3ccccc32)c1.[Pt]. The van der Waals surface area contributed by atoms with Crippen molar-refractivity contribution in [1.82, 2.24) is 14.1 Å². The first kappa shape index (κ1) is 41.7. The minimum atomic E-state index is 0. The third-order valence-corrected chi connectivity index (χ3v) is 11.7. The quantitative estimate of drug-likeness (QED) is 0.107. The van der Waals surface area contributed by atoms with Gasteiger partial charge in [0.15, 0.2) is 0 Å². The fourth-order valence-corrected chi connectivity index (χ4v) is 8.97. The van der Waals surface area contributed by atoms with Gasteiger partial charge in [0.05, 0.1) is 16.7 Å². The van der Waals surface area contributed by atoms with Crippen LogP contribution in [0.3, 0.4) is 0 Å². The molecule has 0 aliphatic rings. The molecular weight excluding hydrogens is 976 g/mol. The number of para-hydroxylation sites is 2. The van der Waals surface area contributed by atoms with E-state index < -0.39 is 0 Å². The van der Waals surface area contributed by atoms with Gasteiger partial charge in [0, 0.05) is 44.3 Å². The van der Waals surface area contributed by atoms with E-state index in [0.717, 1.165) is 89.8 Å². The predicted octanol–water partition coefficient (Wildman–Crippen LogP) is 14.2. The Morgan fingerprint density at radius 2 is 1.20 bits per heavy atom. The average molecular weight is 1020 g/mol. The fraction of sp³-hybridized carbons (Fsp3) is 0.0847. The largest absolute Gasteiger partial charge is 0.510 e. The molecule has 0 radical (unpaired) electrons. The second-order valence-corrected chi connectivity index (χ2v) is 17.5. The van der Waals surface area contributed by atoms with Crippen LogP contribution >= 0.6 is 0 Å². The van der Waals surface area contributed by atoms with Crippen molar-refractivity contribution in [1.29, 1.82) is 0 Å². The molecule has 0 atom stereocenters. The van der Waals surface area contributed by atoms with Crippen LogP contribution < -0.4 is 9.30 Å². The molecule has 11 rings (SSSR count). The van der Waals surface area contributed by atoms with E-state index in [4.69, 9.17) is 9.72 Å². The number of ether oxygens (including phenoxy) is 1. The van der Waals surface area contributed by atoms with Crippen molar-refractivity contribution in [2.24, 2.45) is 5.41 Å². The summed E-state index contributed by atoms with van der Waals surface area (Å²) in [6, 6.07) is 75.1. The molecule has 0 saturated carbocycles. The summed E-state index contributed by atoms with van der Waals surface area (Å²) in [5.74, 6) is 2.01. The molecular formula is C59H44N4OPt-2. The average Bonchev–Trinajstić information content (AvgIpc) is 3.87. The Bertz CT molecular complexity index is 3420. The summed E-state index contributed by atoms with van der Waals surface area (Å²) in [5, 5.41) is 2.22. The zero-order valence-corrected chi connectivity index (χ0v) is 38.5. The first-order valence-electron chi connectivity index (χ1n) is 21.8. The molecule has 0 aliphatic heterocycles. The van der Waals surface area contributed by atoms with Gasteiger partial charge >= 0.3 is 0 Å². The van der Waals surface area contributed by atoms with E-state index in [-0.39, 0.29) is 26.5 Å². The van der Waals surface area contributed by atoms with E-state index in [1.54, 1.807) is 0 Å². The van der Waals surface area contributed by atoms with E-state index in [0.29, 0.717) is 11.5 Å². The molecule has 0 unspecified atom stereocenters. The minimum Gasteiger partial charge on any atom is -0.510 e. The molecule has 65 heavy (non-hydrogen) atoms. The van der Waals surface area contributed by atoms with Gasteiger partial charge in [-0.05, 0) is 86.1 Å². The normalized spacial score (nSPS) is 11.6. The maximum absolute atomic E-state index is 6.68. The molecule has 3 aromatic heterocycles. The van der Waals surface area contributed by atoms with Crippen molar-refractivity contribution in [2.75, 3.05) is 0 Å². The molecule has 0 N–H and O–H groups in total. The maximum atomic E-state index is 6.68. The Kier molecular flexibility index (Phi) is 11.1. The first-order chi connectivity index (χ1) is 31.3. The van der Waals surface area contributed by atoms with Crippen LogP contribution in [0.2, 0.25) is 0 Å². The zero-order chi connectivity index (χ0) is 43.2. The monoisotopic (exact) mass is 1020 g/mol. The Hall–Kier alpha value is -7.33. The summed E-state index contributed by atoms with van der Waals surface area (Å²) in [7, 11) is 0. The molecule has 0 spiro atoms. The molecule has 0 aliphatic carbocycles. The number of aromatic nitrogens is 4. The Labute approximate surface area is 394 Å². The third kappa shape index (κ3) is 8.09. The van der Waals surface area contributed by atoms with Crippen molar-refractivity contribution >= 4 is 32.8 Å². The van der Waals surface area contributed by atoms with Crippen LogP contribution in [0.1, 0.15) is 26.3 Å². The van der Waals surface area contributed by atoms with Crippen molar-refractivity contribution < 1.29 is 30.4 Å². The van der Waals surface area contributed by atoms with Crippen LogP contribution in [0.25, 0.3) is 83.4 Å². The van der Waals surface area contributed by atoms with Gasteiger partial charge in [-0.15, -0.1) is 29.7 Å². The number of pyridine rings is 1. The molecule has 8 aromatic carbocycles. The minimum absolute atomic E-state index is 0. The number of hydrogen-bond acceptors (Lipinski definition) is 2.